The van der Waals surface area contributed by atoms with Crippen molar-refractivity contribution in [3.8, 4) is 17.2 Å². The lowest BCUT2D eigenvalue weighted by Crippen LogP contribution is -2.35. The van der Waals surface area contributed by atoms with E-state index in [-0.39, 0.29) is 5.91 Å². The fourth-order valence-electron chi connectivity index (χ4n) is 4.47. The third kappa shape index (κ3) is 5.53. The van der Waals surface area contributed by atoms with Crippen LogP contribution in [0.2, 0.25) is 0 Å². The van der Waals surface area contributed by atoms with E-state index in [0.29, 0.717) is 18.7 Å². The van der Waals surface area contributed by atoms with Crippen molar-refractivity contribution in [2.24, 2.45) is 5.92 Å². The zero-order valence-electron chi connectivity index (χ0n) is 17.9. The van der Waals surface area contributed by atoms with Crippen LogP contribution in [-0.2, 0) is 11.3 Å². The van der Waals surface area contributed by atoms with Crippen LogP contribution in [0.4, 0.5) is 0 Å². The Morgan fingerprint density at radius 3 is 2.71 bits per heavy atom. The van der Waals surface area contributed by atoms with Gasteiger partial charge in [-0.3, -0.25) is 4.79 Å². The number of amides is 1. The van der Waals surface area contributed by atoms with Crippen LogP contribution < -0.4 is 10.6 Å². The van der Waals surface area contributed by atoms with Gasteiger partial charge in [-0.05, 0) is 66.1 Å². The summed E-state index contributed by atoms with van der Waals surface area (Å²) in [7, 11) is 0. The molecule has 1 aliphatic rings. The predicted octanol–water partition coefficient (Wildman–Crippen LogP) is 4.47. The van der Waals surface area contributed by atoms with Crippen molar-refractivity contribution in [3.05, 3.63) is 60.3 Å². The van der Waals surface area contributed by atoms with Crippen molar-refractivity contribution in [1.82, 2.24) is 15.2 Å². The van der Waals surface area contributed by atoms with E-state index in [2.05, 4.69) is 34.9 Å². The number of benzene rings is 2. The third-order valence-corrected chi connectivity index (χ3v) is 6.19. The van der Waals surface area contributed by atoms with Gasteiger partial charge < -0.3 is 15.2 Å². The van der Waals surface area contributed by atoms with Gasteiger partial charge in [0.1, 0.15) is 6.54 Å². The summed E-state index contributed by atoms with van der Waals surface area (Å²) in [5, 5.41) is 16.8. The van der Waals surface area contributed by atoms with Crippen LogP contribution in [0.15, 0.2) is 54.7 Å². The molecule has 0 unspecified atom stereocenters. The molecule has 1 fully saturated rings. The summed E-state index contributed by atoms with van der Waals surface area (Å²) in [5.41, 5.74) is 3.70. The smallest absolute Gasteiger partial charge is 0.239 e. The fourth-order valence-corrected chi connectivity index (χ4v) is 4.47. The molecule has 2 N–H and O–H groups in total. The van der Waals surface area contributed by atoms with Crippen LogP contribution in [0.3, 0.4) is 0 Å². The summed E-state index contributed by atoms with van der Waals surface area (Å²) in [6.45, 7) is 2.83. The van der Waals surface area contributed by atoms with Gasteiger partial charge in [-0.2, -0.15) is 5.26 Å². The molecule has 5 heteroatoms. The van der Waals surface area contributed by atoms with Gasteiger partial charge in [-0.1, -0.05) is 43.5 Å². The molecule has 0 spiro atoms. The Hall–Kier alpha value is -3.10. The van der Waals surface area contributed by atoms with E-state index in [4.69, 9.17) is 5.26 Å². The Morgan fingerprint density at radius 1 is 1.03 bits per heavy atom. The van der Waals surface area contributed by atoms with Gasteiger partial charge in [0.15, 0.2) is 0 Å². The Labute approximate surface area is 184 Å². The summed E-state index contributed by atoms with van der Waals surface area (Å²) >= 11 is 0. The first kappa shape index (κ1) is 21.1. The molecule has 1 heterocycles. The first-order chi connectivity index (χ1) is 15.2. The van der Waals surface area contributed by atoms with Crippen LogP contribution in [0.5, 0.6) is 0 Å². The predicted molar refractivity (Wildman–Crippen MR) is 125 cm³/mol. The van der Waals surface area contributed by atoms with Crippen molar-refractivity contribution in [1.29, 1.82) is 5.26 Å². The summed E-state index contributed by atoms with van der Waals surface area (Å²) in [4.78, 5) is 12.5. The molecule has 0 radical (unpaired) electrons. The Bertz CT molecular complexity index is 1070. The van der Waals surface area contributed by atoms with E-state index in [9.17, 15) is 4.79 Å². The number of nitrogens with one attached hydrogen (secondary N) is 2. The maximum atomic E-state index is 12.5. The molecule has 31 heavy (non-hydrogen) atoms. The standard InChI is InChI=1S/C26H30N4O/c27-17-21-7-4-8-23(15-21)24-10-9-22-11-14-30(25(22)16-24)19-26(31)29-13-12-28-18-20-5-2-1-3-6-20/h4,7-11,14-16,20,28H,1-3,5-6,12-13,18-19H2,(H,29,31). The monoisotopic (exact) mass is 414 g/mol. The first-order valence-corrected chi connectivity index (χ1v) is 11.3. The Kier molecular flexibility index (Phi) is 7.01. The molecular formula is C26H30N4O. The molecule has 4 rings (SSSR count). The summed E-state index contributed by atoms with van der Waals surface area (Å²) in [5.74, 6) is 0.826. The van der Waals surface area contributed by atoms with Crippen molar-refractivity contribution >= 4 is 16.8 Å². The second-order valence-corrected chi connectivity index (χ2v) is 8.47. The first-order valence-electron chi connectivity index (χ1n) is 11.3. The molecule has 1 aliphatic carbocycles. The van der Waals surface area contributed by atoms with Crippen LogP contribution in [-0.4, -0.2) is 30.1 Å². The molecule has 0 atom stereocenters. The van der Waals surface area contributed by atoms with Crippen LogP contribution in [0.25, 0.3) is 22.0 Å². The minimum atomic E-state index is 0.0221. The SMILES string of the molecule is N#Cc1cccc(-c2ccc3ccn(CC(=O)NCCNCC4CCCCC4)c3c2)c1. The number of nitriles is 1. The van der Waals surface area contributed by atoms with E-state index in [1.54, 1.807) is 6.07 Å². The van der Waals surface area contributed by atoms with Crippen molar-refractivity contribution in [2.75, 3.05) is 19.6 Å². The zero-order chi connectivity index (χ0) is 21.5. The molecular weight excluding hydrogens is 384 g/mol. The normalized spacial score (nSPS) is 14.4. The molecule has 1 aromatic heterocycles. The Balaban J connectivity index is 1.32. The molecule has 0 bridgehead atoms. The summed E-state index contributed by atoms with van der Waals surface area (Å²) in [6, 6.07) is 18.0. The van der Waals surface area contributed by atoms with E-state index < -0.39 is 0 Å². The van der Waals surface area contributed by atoms with Crippen LogP contribution >= 0.6 is 0 Å². The number of hydrogen-bond donors (Lipinski definition) is 2. The second-order valence-electron chi connectivity index (χ2n) is 8.47. The summed E-state index contributed by atoms with van der Waals surface area (Å²) < 4.78 is 1.98. The highest BCUT2D eigenvalue weighted by atomic mass is 16.1. The van der Waals surface area contributed by atoms with Crippen LogP contribution in [0.1, 0.15) is 37.7 Å². The molecule has 0 aliphatic heterocycles. The lowest BCUT2D eigenvalue weighted by molar-refractivity contribution is -0.121. The van der Waals surface area contributed by atoms with Crippen molar-refractivity contribution < 1.29 is 4.79 Å². The number of carbonyl (C=O) groups excluding carboxylic acids is 1. The highest BCUT2D eigenvalue weighted by molar-refractivity contribution is 5.87. The van der Waals surface area contributed by atoms with Gasteiger partial charge in [0.05, 0.1) is 11.6 Å². The molecule has 3 aromatic rings. The minimum absolute atomic E-state index is 0.0221. The van der Waals surface area contributed by atoms with Crippen molar-refractivity contribution in [2.45, 2.75) is 38.6 Å². The maximum absolute atomic E-state index is 12.5. The van der Waals surface area contributed by atoms with Gasteiger partial charge in [0, 0.05) is 24.8 Å². The molecule has 5 nitrogen and oxygen atoms in total. The van der Waals surface area contributed by atoms with Gasteiger partial charge in [-0.15, -0.1) is 0 Å². The number of nitrogens with zero attached hydrogens (tertiary/aromatic N) is 2. The molecule has 2 aromatic carbocycles. The Morgan fingerprint density at radius 2 is 1.87 bits per heavy atom. The molecule has 1 saturated carbocycles. The second kappa shape index (κ2) is 10.3. The number of aromatic nitrogens is 1. The van der Waals surface area contributed by atoms with Gasteiger partial charge in [-0.25, -0.2) is 0 Å². The lowest BCUT2D eigenvalue weighted by Gasteiger charge is -2.21. The highest BCUT2D eigenvalue weighted by Gasteiger charge is 2.12. The van der Waals surface area contributed by atoms with E-state index >= 15 is 0 Å². The quantitative estimate of drug-likeness (QED) is 0.535. The lowest BCUT2D eigenvalue weighted by atomic mass is 9.89. The number of fused-ring (bicyclic) bond motifs is 1. The van der Waals surface area contributed by atoms with E-state index in [0.717, 1.165) is 41.0 Å². The van der Waals surface area contributed by atoms with E-state index in [1.807, 2.05) is 35.0 Å². The van der Waals surface area contributed by atoms with E-state index in [1.165, 1.54) is 32.1 Å². The average molecular weight is 415 g/mol. The third-order valence-electron chi connectivity index (χ3n) is 6.19. The number of hydrogen-bond acceptors (Lipinski definition) is 3. The van der Waals surface area contributed by atoms with Gasteiger partial charge in [0.2, 0.25) is 5.91 Å². The average Bonchev–Trinajstić information content (AvgIpc) is 3.21. The zero-order valence-corrected chi connectivity index (χ0v) is 17.9. The highest BCUT2D eigenvalue weighted by Crippen LogP contribution is 2.26. The van der Waals surface area contributed by atoms with Gasteiger partial charge in [0.25, 0.3) is 0 Å². The van der Waals surface area contributed by atoms with Crippen LogP contribution in [0, 0.1) is 17.2 Å². The molecule has 160 valence electrons. The number of rotatable bonds is 8. The molecule has 0 saturated heterocycles. The fraction of sp³-hybridized carbons (Fsp3) is 0.385. The minimum Gasteiger partial charge on any atom is -0.353 e. The van der Waals surface area contributed by atoms with Crippen molar-refractivity contribution in [3.63, 3.8) is 0 Å². The summed E-state index contributed by atoms with van der Waals surface area (Å²) in [6.07, 6.45) is 8.74. The molecule has 1 amide bonds. The maximum Gasteiger partial charge on any atom is 0.239 e. The number of carbonyl (C=O) groups is 1. The topological polar surface area (TPSA) is 69.8 Å². The van der Waals surface area contributed by atoms with Gasteiger partial charge >= 0.3 is 0 Å². The largest absolute Gasteiger partial charge is 0.353 e.